The van der Waals surface area contributed by atoms with Gasteiger partial charge in [0.05, 0.1) is 5.56 Å². The van der Waals surface area contributed by atoms with E-state index in [-0.39, 0.29) is 11.8 Å². The minimum atomic E-state index is -0.799. The molecule has 3 rings (SSSR count). The number of hydrogen-bond donors (Lipinski definition) is 1. The van der Waals surface area contributed by atoms with E-state index in [2.05, 4.69) is 12.2 Å². The molecule has 1 unspecified atom stereocenters. The molecule has 0 aliphatic carbocycles. The van der Waals surface area contributed by atoms with Crippen LogP contribution >= 0.6 is 11.6 Å². The minimum absolute atomic E-state index is 0.00202. The fourth-order valence-corrected chi connectivity index (χ4v) is 3.74. The molecule has 0 aromatic heterocycles. The number of carbonyl (C=O) groups is 2. The van der Waals surface area contributed by atoms with Gasteiger partial charge in [0.1, 0.15) is 5.38 Å². The third-order valence-corrected chi connectivity index (χ3v) is 5.82. The van der Waals surface area contributed by atoms with E-state index in [1.54, 1.807) is 12.1 Å². The van der Waals surface area contributed by atoms with Crippen LogP contribution in [0.25, 0.3) is 0 Å². The Morgan fingerprint density at radius 2 is 1.76 bits per heavy atom. The largest absolute Gasteiger partial charge is 0.377 e. The molecule has 6 heteroatoms. The van der Waals surface area contributed by atoms with Gasteiger partial charge in [-0.2, -0.15) is 0 Å². The number of nitrogens with one attached hydrogen (secondary N) is 1. The first-order valence-electron chi connectivity index (χ1n) is 9.97. The Hall–Kier alpha value is -2.53. The number of amides is 2. The van der Waals surface area contributed by atoms with E-state index in [4.69, 9.17) is 11.6 Å². The van der Waals surface area contributed by atoms with Crippen molar-refractivity contribution in [2.75, 3.05) is 37.4 Å². The van der Waals surface area contributed by atoms with E-state index in [0.717, 1.165) is 37.2 Å². The second kappa shape index (κ2) is 9.31. The van der Waals surface area contributed by atoms with Gasteiger partial charge >= 0.3 is 0 Å². The molecule has 1 N–H and O–H groups in total. The Labute approximate surface area is 177 Å². The number of likely N-dealkylation sites (tertiary alicyclic amines) is 1. The van der Waals surface area contributed by atoms with Crippen LogP contribution in [0.15, 0.2) is 48.5 Å². The quantitative estimate of drug-likeness (QED) is 0.732. The lowest BCUT2D eigenvalue weighted by atomic mass is 9.98. The molecule has 0 bridgehead atoms. The molecule has 2 aromatic rings. The van der Waals surface area contributed by atoms with Gasteiger partial charge in [-0.25, -0.2) is 0 Å². The van der Waals surface area contributed by atoms with Crippen molar-refractivity contribution in [2.45, 2.75) is 25.1 Å². The highest BCUT2D eigenvalue weighted by atomic mass is 35.5. The second-order valence-electron chi connectivity index (χ2n) is 7.86. The van der Waals surface area contributed by atoms with Gasteiger partial charge in [-0.05, 0) is 42.5 Å². The monoisotopic (exact) mass is 413 g/mol. The third kappa shape index (κ3) is 5.10. The summed E-state index contributed by atoms with van der Waals surface area (Å²) < 4.78 is 0. The molecule has 2 amide bonds. The van der Waals surface area contributed by atoms with Crippen molar-refractivity contribution in [3.05, 3.63) is 59.7 Å². The van der Waals surface area contributed by atoms with Crippen molar-refractivity contribution in [3.63, 3.8) is 0 Å². The topological polar surface area (TPSA) is 52.7 Å². The minimum Gasteiger partial charge on any atom is -0.377 e. The van der Waals surface area contributed by atoms with Gasteiger partial charge < -0.3 is 15.1 Å². The molecule has 1 aliphatic rings. The third-order valence-electron chi connectivity index (χ3n) is 5.37. The number of alkyl halides is 1. The number of carbonyl (C=O) groups excluding carboxylic acids is 2. The highest BCUT2D eigenvalue weighted by Crippen LogP contribution is 2.28. The van der Waals surface area contributed by atoms with Crippen LogP contribution in [0.4, 0.5) is 11.4 Å². The van der Waals surface area contributed by atoms with Gasteiger partial charge in [-0.3, -0.25) is 9.59 Å². The van der Waals surface area contributed by atoms with Gasteiger partial charge in [0.15, 0.2) is 0 Å². The first-order chi connectivity index (χ1) is 13.9. The standard InChI is InChI=1S/C23H28ClN3O2/c1-16-11-13-27(14-12-16)23(29)19-15-18(9-10-20(19)26(2)3)25-22(28)21(24)17-7-5-4-6-8-17/h4-10,15-16,21H,11-14H2,1-3H3,(H,25,28). The Bertz CT molecular complexity index is 862. The summed E-state index contributed by atoms with van der Waals surface area (Å²) in [7, 11) is 3.82. The first kappa shape index (κ1) is 21.2. The highest BCUT2D eigenvalue weighted by Gasteiger charge is 2.25. The van der Waals surface area contributed by atoms with Crippen LogP contribution in [-0.2, 0) is 4.79 Å². The molecule has 154 valence electrons. The fraction of sp³-hybridized carbons (Fsp3) is 0.391. The zero-order chi connectivity index (χ0) is 21.0. The molecule has 5 nitrogen and oxygen atoms in total. The lowest BCUT2D eigenvalue weighted by molar-refractivity contribution is -0.116. The highest BCUT2D eigenvalue weighted by molar-refractivity contribution is 6.32. The van der Waals surface area contributed by atoms with E-state index >= 15 is 0 Å². The molecule has 2 aromatic carbocycles. The lowest BCUT2D eigenvalue weighted by Crippen LogP contribution is -2.38. The fourth-order valence-electron chi connectivity index (χ4n) is 3.54. The smallest absolute Gasteiger partial charge is 0.256 e. The molecule has 29 heavy (non-hydrogen) atoms. The summed E-state index contributed by atoms with van der Waals surface area (Å²) in [5.74, 6) is 0.333. The molecule has 1 heterocycles. The zero-order valence-corrected chi connectivity index (χ0v) is 17.9. The van der Waals surface area contributed by atoms with Gasteiger partial charge in [-0.15, -0.1) is 11.6 Å². The Balaban J connectivity index is 1.81. The summed E-state index contributed by atoms with van der Waals surface area (Å²) in [5.41, 5.74) is 2.72. The van der Waals surface area contributed by atoms with E-state index in [1.165, 1.54) is 0 Å². The maximum atomic E-state index is 13.2. The second-order valence-corrected chi connectivity index (χ2v) is 8.30. The molecular weight excluding hydrogens is 386 g/mol. The summed E-state index contributed by atoms with van der Waals surface area (Å²) in [5, 5.41) is 2.05. The van der Waals surface area contributed by atoms with Crippen LogP contribution < -0.4 is 10.2 Å². The maximum absolute atomic E-state index is 13.2. The van der Waals surface area contributed by atoms with E-state index in [0.29, 0.717) is 17.2 Å². The first-order valence-corrected chi connectivity index (χ1v) is 10.4. The summed E-state index contributed by atoms with van der Waals surface area (Å²) >= 11 is 6.33. The number of piperidine rings is 1. The molecule has 1 atom stereocenters. The molecular formula is C23H28ClN3O2. The summed E-state index contributed by atoms with van der Waals surface area (Å²) in [6, 6.07) is 14.6. The summed E-state index contributed by atoms with van der Waals surface area (Å²) in [6.45, 7) is 3.75. The lowest BCUT2D eigenvalue weighted by Gasteiger charge is -2.31. The van der Waals surface area contributed by atoms with Crippen LogP contribution in [-0.4, -0.2) is 43.9 Å². The Kier molecular flexibility index (Phi) is 6.80. The molecule has 0 spiro atoms. The molecule has 0 saturated carbocycles. The number of rotatable bonds is 5. The number of halogens is 1. The van der Waals surface area contributed by atoms with Crippen molar-refractivity contribution in [1.29, 1.82) is 0 Å². The van der Waals surface area contributed by atoms with Crippen LogP contribution in [0.3, 0.4) is 0 Å². The van der Waals surface area contributed by atoms with Crippen molar-refractivity contribution >= 4 is 34.8 Å². The van der Waals surface area contributed by atoms with Gasteiger partial charge in [-0.1, -0.05) is 37.3 Å². The van der Waals surface area contributed by atoms with Gasteiger partial charge in [0.2, 0.25) is 5.91 Å². The number of hydrogen-bond acceptors (Lipinski definition) is 3. The van der Waals surface area contributed by atoms with Crippen molar-refractivity contribution < 1.29 is 9.59 Å². The van der Waals surface area contributed by atoms with Crippen molar-refractivity contribution in [3.8, 4) is 0 Å². The van der Waals surface area contributed by atoms with Crippen LogP contribution in [0.2, 0.25) is 0 Å². The average molecular weight is 414 g/mol. The van der Waals surface area contributed by atoms with Gasteiger partial charge in [0, 0.05) is 38.6 Å². The van der Waals surface area contributed by atoms with Crippen LogP contribution in [0.5, 0.6) is 0 Å². The van der Waals surface area contributed by atoms with Crippen LogP contribution in [0, 0.1) is 5.92 Å². The number of anilines is 2. The number of nitrogens with zero attached hydrogens (tertiary/aromatic N) is 2. The number of benzene rings is 2. The van der Waals surface area contributed by atoms with Crippen molar-refractivity contribution in [2.24, 2.45) is 5.92 Å². The normalized spacial score (nSPS) is 15.7. The van der Waals surface area contributed by atoms with E-state index in [1.807, 2.05) is 60.3 Å². The summed E-state index contributed by atoms with van der Waals surface area (Å²) in [6.07, 6.45) is 2.04. The molecule has 1 saturated heterocycles. The SMILES string of the molecule is CC1CCN(C(=O)c2cc(NC(=O)C(Cl)c3ccccc3)ccc2N(C)C)CC1. The van der Waals surface area contributed by atoms with E-state index < -0.39 is 5.38 Å². The van der Waals surface area contributed by atoms with E-state index in [9.17, 15) is 9.59 Å². The molecule has 1 aliphatic heterocycles. The maximum Gasteiger partial charge on any atom is 0.256 e. The van der Waals surface area contributed by atoms with Gasteiger partial charge in [0.25, 0.3) is 5.91 Å². The van der Waals surface area contributed by atoms with Crippen LogP contribution in [0.1, 0.15) is 41.1 Å². The average Bonchev–Trinajstić information content (AvgIpc) is 2.73. The Morgan fingerprint density at radius 3 is 2.38 bits per heavy atom. The Morgan fingerprint density at radius 1 is 1.10 bits per heavy atom. The molecule has 0 radical (unpaired) electrons. The summed E-state index contributed by atoms with van der Waals surface area (Å²) in [4.78, 5) is 29.6. The zero-order valence-electron chi connectivity index (χ0n) is 17.2. The molecule has 1 fully saturated rings. The predicted molar refractivity (Wildman–Crippen MR) is 119 cm³/mol. The predicted octanol–water partition coefficient (Wildman–Crippen LogP) is 4.54. The van der Waals surface area contributed by atoms with Crippen molar-refractivity contribution in [1.82, 2.24) is 4.90 Å².